The topological polar surface area (TPSA) is 55.0 Å². The van der Waals surface area contributed by atoms with E-state index in [-0.39, 0.29) is 11.7 Å². The van der Waals surface area contributed by atoms with Crippen LogP contribution in [0, 0.1) is 12.8 Å². The van der Waals surface area contributed by atoms with Crippen LogP contribution >= 0.6 is 0 Å². The lowest BCUT2D eigenvalue weighted by atomic mass is 10.1. The Kier molecular flexibility index (Phi) is 4.04. The summed E-state index contributed by atoms with van der Waals surface area (Å²) < 4.78 is 5.71. The summed E-state index contributed by atoms with van der Waals surface area (Å²) in [5.41, 5.74) is 3.03. The van der Waals surface area contributed by atoms with E-state index >= 15 is 0 Å². The number of aromatic nitrogens is 2. The minimum atomic E-state index is 0.272. The molecule has 0 amide bonds. The maximum Gasteiger partial charge on any atom is 0.165 e. The molecule has 0 bridgehead atoms. The first-order valence-corrected chi connectivity index (χ1v) is 7.50. The second-order valence-electron chi connectivity index (χ2n) is 5.59. The van der Waals surface area contributed by atoms with Crippen molar-refractivity contribution >= 4 is 5.78 Å². The first-order chi connectivity index (χ1) is 10.2. The number of benzene rings is 1. The number of aromatic amines is 1. The number of aryl methyl sites for hydroxylation is 2. The molecule has 0 radical (unpaired) electrons. The molecule has 1 heterocycles. The van der Waals surface area contributed by atoms with Crippen molar-refractivity contribution in [1.82, 2.24) is 9.97 Å². The van der Waals surface area contributed by atoms with Gasteiger partial charge in [-0.1, -0.05) is 0 Å². The van der Waals surface area contributed by atoms with E-state index in [0.717, 1.165) is 48.4 Å². The van der Waals surface area contributed by atoms with E-state index < -0.39 is 0 Å². The maximum absolute atomic E-state index is 11.9. The summed E-state index contributed by atoms with van der Waals surface area (Å²) in [6.45, 7) is 2.68. The molecule has 1 saturated carbocycles. The minimum Gasteiger partial charge on any atom is -0.494 e. The van der Waals surface area contributed by atoms with Gasteiger partial charge < -0.3 is 9.72 Å². The Hall–Kier alpha value is -2.10. The Morgan fingerprint density at radius 1 is 1.33 bits per heavy atom. The maximum atomic E-state index is 11.9. The van der Waals surface area contributed by atoms with E-state index in [0.29, 0.717) is 6.61 Å². The predicted octanol–water partition coefficient (Wildman–Crippen LogP) is 3.32. The average molecular weight is 284 g/mol. The van der Waals surface area contributed by atoms with Gasteiger partial charge in [-0.25, -0.2) is 4.98 Å². The zero-order chi connectivity index (χ0) is 14.7. The van der Waals surface area contributed by atoms with Crippen molar-refractivity contribution < 1.29 is 9.53 Å². The molecule has 0 aliphatic heterocycles. The largest absolute Gasteiger partial charge is 0.494 e. The lowest BCUT2D eigenvalue weighted by Gasteiger charge is -2.06. The standard InChI is InChI=1S/C17H20N2O2/c1-12-16(19-11-18-12)3-2-10-21-15-8-6-14(7-9-15)17(20)13-4-5-13/h6-9,11,13H,2-5,10H2,1H3,(H,18,19). The number of hydrogen-bond acceptors (Lipinski definition) is 3. The Bertz CT molecular complexity index is 612. The van der Waals surface area contributed by atoms with Gasteiger partial charge >= 0.3 is 0 Å². The number of H-pyrrole nitrogens is 1. The van der Waals surface area contributed by atoms with Crippen molar-refractivity contribution in [2.24, 2.45) is 5.92 Å². The van der Waals surface area contributed by atoms with Crippen LogP contribution < -0.4 is 4.74 Å². The fraction of sp³-hybridized carbons (Fsp3) is 0.412. The highest BCUT2D eigenvalue weighted by Gasteiger charge is 2.30. The molecule has 110 valence electrons. The molecule has 0 spiro atoms. The smallest absolute Gasteiger partial charge is 0.165 e. The van der Waals surface area contributed by atoms with Gasteiger partial charge in [-0.15, -0.1) is 0 Å². The van der Waals surface area contributed by atoms with Gasteiger partial charge in [-0.2, -0.15) is 0 Å². The fourth-order valence-electron chi connectivity index (χ4n) is 2.37. The molecule has 0 atom stereocenters. The van der Waals surface area contributed by atoms with Crippen LogP contribution in [0.2, 0.25) is 0 Å². The van der Waals surface area contributed by atoms with Crippen LogP contribution in [0.5, 0.6) is 5.75 Å². The summed E-state index contributed by atoms with van der Waals surface area (Å²) in [5, 5.41) is 0. The van der Waals surface area contributed by atoms with E-state index in [4.69, 9.17) is 4.74 Å². The van der Waals surface area contributed by atoms with Gasteiger partial charge in [-0.3, -0.25) is 4.79 Å². The number of ether oxygens (including phenoxy) is 1. The molecule has 2 aromatic rings. The third-order valence-corrected chi connectivity index (χ3v) is 3.85. The van der Waals surface area contributed by atoms with Crippen molar-refractivity contribution in [3.8, 4) is 5.75 Å². The molecule has 21 heavy (non-hydrogen) atoms. The average Bonchev–Trinajstić information content (AvgIpc) is 3.27. The fourth-order valence-corrected chi connectivity index (χ4v) is 2.37. The van der Waals surface area contributed by atoms with Gasteiger partial charge in [0.05, 0.1) is 18.6 Å². The van der Waals surface area contributed by atoms with Crippen LogP contribution in [0.15, 0.2) is 30.6 Å². The zero-order valence-corrected chi connectivity index (χ0v) is 12.3. The van der Waals surface area contributed by atoms with Crippen LogP contribution in [0.1, 0.15) is 41.0 Å². The van der Waals surface area contributed by atoms with Crippen LogP contribution in [-0.4, -0.2) is 22.4 Å². The Morgan fingerprint density at radius 2 is 2.10 bits per heavy atom. The van der Waals surface area contributed by atoms with Gasteiger partial charge in [0.15, 0.2) is 5.78 Å². The number of carbonyl (C=O) groups excluding carboxylic acids is 1. The molecule has 1 fully saturated rings. The van der Waals surface area contributed by atoms with Crippen molar-refractivity contribution in [2.45, 2.75) is 32.6 Å². The number of ketones is 1. The highest BCUT2D eigenvalue weighted by molar-refractivity contribution is 5.99. The van der Waals surface area contributed by atoms with E-state index in [9.17, 15) is 4.79 Å². The lowest BCUT2D eigenvalue weighted by Crippen LogP contribution is -2.02. The van der Waals surface area contributed by atoms with E-state index in [1.165, 1.54) is 0 Å². The SMILES string of the molecule is Cc1[nH]cnc1CCCOc1ccc(C(=O)C2CC2)cc1. The van der Waals surface area contributed by atoms with Crippen LogP contribution in [0.25, 0.3) is 0 Å². The third kappa shape index (κ3) is 3.51. The summed E-state index contributed by atoms with van der Waals surface area (Å²) in [4.78, 5) is 19.2. The monoisotopic (exact) mass is 284 g/mol. The number of carbonyl (C=O) groups is 1. The molecule has 4 heteroatoms. The quantitative estimate of drug-likeness (QED) is 0.627. The molecular formula is C17H20N2O2. The first kappa shape index (κ1) is 13.9. The van der Waals surface area contributed by atoms with E-state index in [1.807, 2.05) is 31.2 Å². The summed E-state index contributed by atoms with van der Waals surface area (Å²) in [6.07, 6.45) is 5.65. The molecule has 1 N–H and O–H groups in total. The molecule has 0 unspecified atom stereocenters. The molecule has 3 rings (SSSR count). The van der Waals surface area contributed by atoms with Crippen LogP contribution in [0.4, 0.5) is 0 Å². The van der Waals surface area contributed by atoms with Crippen LogP contribution in [-0.2, 0) is 6.42 Å². The lowest BCUT2D eigenvalue weighted by molar-refractivity contribution is 0.0967. The Labute approximate surface area is 124 Å². The Balaban J connectivity index is 1.45. The van der Waals surface area contributed by atoms with Gasteiger partial charge in [0.1, 0.15) is 5.75 Å². The van der Waals surface area contributed by atoms with Gasteiger partial charge in [0.2, 0.25) is 0 Å². The van der Waals surface area contributed by atoms with Crippen molar-refractivity contribution in [2.75, 3.05) is 6.61 Å². The molecule has 0 saturated heterocycles. The van der Waals surface area contributed by atoms with E-state index in [1.54, 1.807) is 6.33 Å². The minimum absolute atomic E-state index is 0.272. The van der Waals surface area contributed by atoms with Crippen molar-refractivity contribution in [3.05, 3.63) is 47.5 Å². The number of nitrogens with one attached hydrogen (secondary N) is 1. The van der Waals surface area contributed by atoms with Crippen molar-refractivity contribution in [3.63, 3.8) is 0 Å². The molecule has 1 aromatic carbocycles. The highest BCUT2D eigenvalue weighted by Crippen LogP contribution is 2.32. The molecular weight excluding hydrogens is 264 g/mol. The predicted molar refractivity (Wildman–Crippen MR) is 80.6 cm³/mol. The first-order valence-electron chi connectivity index (χ1n) is 7.50. The number of Topliss-reactive ketones (excluding diaryl/α,β-unsaturated/α-hetero) is 1. The number of hydrogen-bond donors (Lipinski definition) is 1. The van der Waals surface area contributed by atoms with Gasteiger partial charge in [0, 0.05) is 17.2 Å². The van der Waals surface area contributed by atoms with Crippen LogP contribution in [0.3, 0.4) is 0 Å². The molecule has 1 aliphatic carbocycles. The van der Waals surface area contributed by atoms with Gasteiger partial charge in [0.25, 0.3) is 0 Å². The number of imidazole rings is 1. The van der Waals surface area contributed by atoms with Gasteiger partial charge in [-0.05, 0) is 56.9 Å². The zero-order valence-electron chi connectivity index (χ0n) is 12.3. The summed E-state index contributed by atoms with van der Waals surface area (Å²) in [5.74, 6) is 1.37. The number of nitrogens with zero attached hydrogens (tertiary/aromatic N) is 1. The second kappa shape index (κ2) is 6.12. The molecule has 1 aromatic heterocycles. The summed E-state index contributed by atoms with van der Waals surface area (Å²) >= 11 is 0. The highest BCUT2D eigenvalue weighted by atomic mass is 16.5. The van der Waals surface area contributed by atoms with Crippen molar-refractivity contribution in [1.29, 1.82) is 0 Å². The third-order valence-electron chi connectivity index (χ3n) is 3.85. The normalized spacial score (nSPS) is 14.1. The second-order valence-corrected chi connectivity index (χ2v) is 5.59. The summed E-state index contributed by atoms with van der Waals surface area (Å²) in [7, 11) is 0. The number of rotatable bonds is 7. The molecule has 1 aliphatic rings. The Morgan fingerprint density at radius 3 is 2.71 bits per heavy atom. The van der Waals surface area contributed by atoms with E-state index in [2.05, 4.69) is 9.97 Å². The summed E-state index contributed by atoms with van der Waals surface area (Å²) in [6, 6.07) is 7.51. The molecule has 4 nitrogen and oxygen atoms in total.